The molecule has 0 fully saturated rings. The Balaban J connectivity index is 1.58. The average Bonchev–Trinajstić information content (AvgIpc) is 2.78. The van der Waals surface area contributed by atoms with Crippen LogP contribution in [0.25, 0.3) is 6.08 Å². The molecule has 0 spiro atoms. The topological polar surface area (TPSA) is 69.7 Å². The number of aromatic nitrogens is 1. The van der Waals surface area contributed by atoms with Crippen LogP contribution in [0.3, 0.4) is 0 Å². The number of pyridine rings is 1. The second-order valence-electron chi connectivity index (χ2n) is 6.21. The molecule has 7 heteroatoms. The number of nitrogens with one attached hydrogen (secondary N) is 1. The fourth-order valence-electron chi connectivity index (χ4n) is 2.64. The summed E-state index contributed by atoms with van der Waals surface area (Å²) in [6.45, 7) is 0.174. The molecule has 3 aromatic rings. The van der Waals surface area contributed by atoms with Crippen molar-refractivity contribution in [2.75, 3.05) is 14.2 Å². The van der Waals surface area contributed by atoms with E-state index in [0.717, 1.165) is 5.56 Å². The molecule has 0 aliphatic carbocycles. The van der Waals surface area contributed by atoms with E-state index in [1.54, 1.807) is 62.9 Å². The zero-order chi connectivity index (χ0) is 21.3. The predicted molar refractivity (Wildman–Crippen MR) is 111 cm³/mol. The van der Waals surface area contributed by atoms with Crippen LogP contribution in [0.2, 0.25) is 0 Å². The number of benzene rings is 2. The number of rotatable bonds is 8. The molecule has 1 aromatic heterocycles. The Kier molecular flexibility index (Phi) is 7.00. The highest BCUT2D eigenvalue weighted by Crippen LogP contribution is 2.26. The Morgan fingerprint density at radius 3 is 2.63 bits per heavy atom. The van der Waals surface area contributed by atoms with Gasteiger partial charge in [-0.1, -0.05) is 6.07 Å². The van der Waals surface area contributed by atoms with E-state index in [0.29, 0.717) is 22.8 Å². The molecule has 154 valence electrons. The molecule has 6 nitrogen and oxygen atoms in total. The van der Waals surface area contributed by atoms with Gasteiger partial charge in [0, 0.05) is 30.4 Å². The summed E-state index contributed by atoms with van der Waals surface area (Å²) in [5.41, 5.74) is 1.34. The molecule has 0 unspecified atom stereocenters. The third-order valence-electron chi connectivity index (χ3n) is 4.18. The second kappa shape index (κ2) is 10.1. The molecule has 0 aliphatic heterocycles. The van der Waals surface area contributed by atoms with Crippen molar-refractivity contribution in [3.8, 4) is 23.0 Å². The Morgan fingerprint density at radius 2 is 1.93 bits per heavy atom. The van der Waals surface area contributed by atoms with Crippen molar-refractivity contribution in [3.63, 3.8) is 0 Å². The van der Waals surface area contributed by atoms with Crippen LogP contribution >= 0.6 is 0 Å². The minimum absolute atomic E-state index is 0.0876. The molecule has 0 saturated heterocycles. The quantitative estimate of drug-likeness (QED) is 0.561. The highest BCUT2D eigenvalue weighted by molar-refractivity contribution is 5.92. The summed E-state index contributed by atoms with van der Waals surface area (Å²) in [4.78, 5) is 16.0. The molecular weight excluding hydrogens is 387 g/mol. The number of carbonyl (C=O) groups excluding carboxylic acids is 1. The fraction of sp³-hybridized carbons (Fsp3) is 0.130. The number of nitrogens with zero attached hydrogens (tertiary/aromatic N) is 1. The Hall–Kier alpha value is -3.87. The maximum atomic E-state index is 14.3. The molecule has 0 saturated carbocycles. The summed E-state index contributed by atoms with van der Waals surface area (Å²) in [6, 6.07) is 13.2. The van der Waals surface area contributed by atoms with E-state index < -0.39 is 5.82 Å². The van der Waals surface area contributed by atoms with Crippen molar-refractivity contribution in [1.29, 1.82) is 0 Å². The molecule has 30 heavy (non-hydrogen) atoms. The molecule has 1 heterocycles. The summed E-state index contributed by atoms with van der Waals surface area (Å²) in [6.07, 6.45) is 6.13. The van der Waals surface area contributed by atoms with Crippen LogP contribution in [0, 0.1) is 5.82 Å². The van der Waals surface area contributed by atoms with Gasteiger partial charge in [0.25, 0.3) is 0 Å². The van der Waals surface area contributed by atoms with E-state index in [-0.39, 0.29) is 18.2 Å². The summed E-state index contributed by atoms with van der Waals surface area (Å²) in [5.74, 6) is 0.935. The number of amides is 1. The number of halogens is 1. The maximum Gasteiger partial charge on any atom is 0.244 e. The largest absolute Gasteiger partial charge is 0.497 e. The predicted octanol–water partition coefficient (Wildman–Crippen LogP) is 4.36. The first kappa shape index (κ1) is 20.9. The monoisotopic (exact) mass is 408 g/mol. The summed E-state index contributed by atoms with van der Waals surface area (Å²) < 4.78 is 30.2. The van der Waals surface area contributed by atoms with Crippen molar-refractivity contribution in [3.05, 3.63) is 83.9 Å². The second-order valence-corrected chi connectivity index (χ2v) is 6.21. The van der Waals surface area contributed by atoms with Gasteiger partial charge in [0.05, 0.1) is 20.4 Å². The van der Waals surface area contributed by atoms with E-state index in [1.165, 1.54) is 24.4 Å². The van der Waals surface area contributed by atoms with Gasteiger partial charge in [-0.2, -0.15) is 0 Å². The third kappa shape index (κ3) is 5.57. The van der Waals surface area contributed by atoms with Gasteiger partial charge < -0.3 is 19.5 Å². The molecule has 0 radical (unpaired) electrons. The molecule has 3 rings (SSSR count). The van der Waals surface area contributed by atoms with Crippen molar-refractivity contribution in [1.82, 2.24) is 10.3 Å². The normalized spacial score (nSPS) is 10.6. The Morgan fingerprint density at radius 1 is 1.07 bits per heavy atom. The first-order valence-corrected chi connectivity index (χ1v) is 9.13. The van der Waals surface area contributed by atoms with Gasteiger partial charge in [-0.05, 0) is 48.0 Å². The average molecular weight is 408 g/mol. The molecular formula is C23H21FN2O4. The lowest BCUT2D eigenvalue weighted by molar-refractivity contribution is -0.116. The Labute approximate surface area is 173 Å². The number of ether oxygens (including phenoxy) is 3. The summed E-state index contributed by atoms with van der Waals surface area (Å²) >= 11 is 0. The van der Waals surface area contributed by atoms with Gasteiger partial charge >= 0.3 is 0 Å². The molecule has 2 aromatic carbocycles. The lowest BCUT2D eigenvalue weighted by Gasteiger charge is -2.09. The number of hydrogen-bond donors (Lipinski definition) is 1. The van der Waals surface area contributed by atoms with Gasteiger partial charge in [0.15, 0.2) is 11.6 Å². The van der Waals surface area contributed by atoms with Gasteiger partial charge in [-0.25, -0.2) is 4.39 Å². The van der Waals surface area contributed by atoms with E-state index in [1.807, 2.05) is 0 Å². The molecule has 0 bridgehead atoms. The SMILES string of the molecule is COc1ccc(/C=C/C(=O)NCc2ccc(Oc3cccnc3)c(F)c2)c(OC)c1. The zero-order valence-electron chi connectivity index (χ0n) is 16.6. The number of methoxy groups -OCH3 is 2. The number of carbonyl (C=O) groups is 1. The van der Waals surface area contributed by atoms with E-state index in [2.05, 4.69) is 10.3 Å². The van der Waals surface area contributed by atoms with Gasteiger partial charge in [-0.3, -0.25) is 9.78 Å². The third-order valence-corrected chi connectivity index (χ3v) is 4.18. The highest BCUT2D eigenvalue weighted by atomic mass is 19.1. The molecule has 0 aliphatic rings. The van der Waals surface area contributed by atoms with Crippen molar-refractivity contribution < 1.29 is 23.4 Å². The summed E-state index contributed by atoms with van der Waals surface area (Å²) in [7, 11) is 3.11. The minimum Gasteiger partial charge on any atom is -0.497 e. The van der Waals surface area contributed by atoms with Crippen molar-refractivity contribution in [2.45, 2.75) is 6.54 Å². The van der Waals surface area contributed by atoms with Crippen LogP contribution in [0.15, 0.2) is 67.0 Å². The van der Waals surface area contributed by atoms with Crippen LogP contribution in [0.4, 0.5) is 4.39 Å². The first-order chi connectivity index (χ1) is 14.6. The number of hydrogen-bond acceptors (Lipinski definition) is 5. The van der Waals surface area contributed by atoms with E-state index >= 15 is 0 Å². The zero-order valence-corrected chi connectivity index (χ0v) is 16.6. The van der Waals surface area contributed by atoms with Crippen LogP contribution in [-0.2, 0) is 11.3 Å². The van der Waals surface area contributed by atoms with Crippen LogP contribution < -0.4 is 19.5 Å². The Bertz CT molecular complexity index is 1040. The smallest absolute Gasteiger partial charge is 0.244 e. The van der Waals surface area contributed by atoms with E-state index in [4.69, 9.17) is 14.2 Å². The molecule has 1 amide bonds. The lowest BCUT2D eigenvalue weighted by Crippen LogP contribution is -2.20. The lowest BCUT2D eigenvalue weighted by atomic mass is 10.1. The molecule has 0 atom stereocenters. The van der Waals surface area contributed by atoms with Gasteiger partial charge in [0.1, 0.15) is 17.2 Å². The standard InChI is InChI=1S/C23H21FN2O4/c1-28-18-8-6-17(22(13-18)29-2)7-10-23(27)26-14-16-5-9-21(20(24)12-16)30-19-4-3-11-25-15-19/h3-13,15H,14H2,1-2H3,(H,26,27)/b10-7+. The fourth-order valence-corrected chi connectivity index (χ4v) is 2.64. The first-order valence-electron chi connectivity index (χ1n) is 9.13. The van der Waals surface area contributed by atoms with Crippen LogP contribution in [0.5, 0.6) is 23.0 Å². The van der Waals surface area contributed by atoms with Gasteiger partial charge in [0.2, 0.25) is 5.91 Å². The minimum atomic E-state index is -0.524. The van der Waals surface area contributed by atoms with Crippen LogP contribution in [-0.4, -0.2) is 25.1 Å². The summed E-state index contributed by atoms with van der Waals surface area (Å²) in [5, 5.41) is 2.72. The van der Waals surface area contributed by atoms with Crippen molar-refractivity contribution in [2.24, 2.45) is 0 Å². The molecule has 1 N–H and O–H groups in total. The van der Waals surface area contributed by atoms with Gasteiger partial charge in [-0.15, -0.1) is 0 Å². The maximum absolute atomic E-state index is 14.3. The highest BCUT2D eigenvalue weighted by Gasteiger charge is 2.07. The van der Waals surface area contributed by atoms with Crippen LogP contribution in [0.1, 0.15) is 11.1 Å². The van der Waals surface area contributed by atoms with E-state index in [9.17, 15) is 9.18 Å². The van der Waals surface area contributed by atoms with Crippen molar-refractivity contribution >= 4 is 12.0 Å².